The molecule has 8 nitrogen and oxygen atoms in total. The standard InChI is InChI=1S/C25H17ClFN5O3S/c1-35-23-13-19(15-4-2-5-16(27)10-15)21(26)12-20(23)24-18-7-6-17(11-22(18)30-14-31-24)36(33,34)32-25-28-8-3-9-29-25/h2-14H,1H3,(H,28,29,32). The minimum atomic E-state index is -3.95. The van der Waals surface area contributed by atoms with E-state index in [2.05, 4.69) is 24.7 Å². The van der Waals surface area contributed by atoms with Crippen LogP contribution in [0.1, 0.15) is 0 Å². The second kappa shape index (κ2) is 9.48. The molecule has 0 spiro atoms. The van der Waals surface area contributed by atoms with Gasteiger partial charge in [-0.05, 0) is 54.1 Å². The van der Waals surface area contributed by atoms with Gasteiger partial charge in [0, 0.05) is 33.9 Å². The van der Waals surface area contributed by atoms with Gasteiger partial charge in [0.15, 0.2) is 0 Å². The zero-order chi connectivity index (χ0) is 25.3. The number of halogens is 2. The highest BCUT2D eigenvalue weighted by Gasteiger charge is 2.20. The lowest BCUT2D eigenvalue weighted by atomic mass is 9.99. The Labute approximate surface area is 210 Å². The highest BCUT2D eigenvalue weighted by Crippen LogP contribution is 2.40. The molecule has 2 aromatic heterocycles. The van der Waals surface area contributed by atoms with E-state index in [1.807, 2.05) is 0 Å². The van der Waals surface area contributed by atoms with E-state index in [9.17, 15) is 12.8 Å². The molecule has 0 unspecified atom stereocenters. The van der Waals surface area contributed by atoms with E-state index in [0.29, 0.717) is 44.1 Å². The molecular formula is C25H17ClFN5O3S. The molecule has 0 saturated carbocycles. The van der Waals surface area contributed by atoms with Crippen molar-refractivity contribution in [3.63, 3.8) is 0 Å². The first kappa shape index (κ1) is 23.6. The number of anilines is 1. The SMILES string of the molecule is COc1cc(-c2cccc(F)c2)c(Cl)cc1-c1ncnc2cc(S(=O)(=O)Nc3ncccn3)ccc12. The van der Waals surface area contributed by atoms with Crippen LogP contribution in [0.3, 0.4) is 0 Å². The number of nitrogens with zero attached hydrogens (tertiary/aromatic N) is 4. The number of rotatable bonds is 6. The Hall–Kier alpha value is -4.15. The predicted octanol–water partition coefficient (Wildman–Crippen LogP) is 5.36. The van der Waals surface area contributed by atoms with Crippen molar-refractivity contribution in [3.8, 4) is 28.1 Å². The summed E-state index contributed by atoms with van der Waals surface area (Å²) < 4.78 is 47.4. The van der Waals surface area contributed by atoms with E-state index in [-0.39, 0.29) is 16.7 Å². The van der Waals surface area contributed by atoms with E-state index in [0.717, 1.165) is 0 Å². The molecule has 0 fully saturated rings. The van der Waals surface area contributed by atoms with Gasteiger partial charge in [-0.3, -0.25) is 0 Å². The van der Waals surface area contributed by atoms with Gasteiger partial charge in [-0.1, -0.05) is 23.7 Å². The lowest BCUT2D eigenvalue weighted by molar-refractivity contribution is 0.416. The maximum atomic E-state index is 13.8. The van der Waals surface area contributed by atoms with Crippen molar-refractivity contribution in [3.05, 3.63) is 90.2 Å². The van der Waals surface area contributed by atoms with Gasteiger partial charge in [0.05, 0.1) is 23.2 Å². The summed E-state index contributed by atoms with van der Waals surface area (Å²) in [6.45, 7) is 0. The van der Waals surface area contributed by atoms with Crippen molar-refractivity contribution < 1.29 is 17.5 Å². The average molecular weight is 522 g/mol. The summed E-state index contributed by atoms with van der Waals surface area (Å²) in [6.07, 6.45) is 4.20. The molecular weight excluding hydrogens is 505 g/mol. The number of methoxy groups -OCH3 is 1. The predicted molar refractivity (Wildman–Crippen MR) is 135 cm³/mol. The van der Waals surface area contributed by atoms with Crippen molar-refractivity contribution in [2.45, 2.75) is 4.90 Å². The quantitative estimate of drug-likeness (QED) is 0.320. The van der Waals surface area contributed by atoms with Crippen LogP contribution in [0, 0.1) is 5.82 Å². The van der Waals surface area contributed by atoms with Crippen molar-refractivity contribution >= 4 is 38.5 Å². The summed E-state index contributed by atoms with van der Waals surface area (Å²) in [5.74, 6) is 0.0319. The first-order valence-electron chi connectivity index (χ1n) is 10.5. The third-order valence-electron chi connectivity index (χ3n) is 5.39. The van der Waals surface area contributed by atoms with Crippen molar-refractivity contribution in [2.24, 2.45) is 0 Å². The topological polar surface area (TPSA) is 107 Å². The molecule has 0 aliphatic heterocycles. The van der Waals surface area contributed by atoms with E-state index in [4.69, 9.17) is 16.3 Å². The lowest BCUT2D eigenvalue weighted by Gasteiger charge is -2.14. The summed E-state index contributed by atoms with van der Waals surface area (Å²) in [7, 11) is -2.45. The van der Waals surface area contributed by atoms with E-state index >= 15 is 0 Å². The molecule has 0 amide bonds. The fourth-order valence-corrected chi connectivity index (χ4v) is 4.98. The van der Waals surface area contributed by atoms with Crippen molar-refractivity contribution in [2.75, 3.05) is 11.8 Å². The number of benzene rings is 3. The van der Waals surface area contributed by atoms with Crippen LogP contribution in [-0.4, -0.2) is 35.5 Å². The normalized spacial score (nSPS) is 11.4. The Balaban J connectivity index is 1.59. The monoisotopic (exact) mass is 521 g/mol. The lowest BCUT2D eigenvalue weighted by Crippen LogP contribution is -2.14. The number of hydrogen-bond donors (Lipinski definition) is 1. The number of aromatic nitrogens is 4. The van der Waals surface area contributed by atoms with Crippen LogP contribution < -0.4 is 9.46 Å². The fourth-order valence-electron chi connectivity index (χ4n) is 3.73. The van der Waals surface area contributed by atoms with E-state index in [1.54, 1.807) is 36.4 Å². The second-order valence-electron chi connectivity index (χ2n) is 7.62. The molecule has 2 heterocycles. The second-order valence-corrected chi connectivity index (χ2v) is 9.71. The van der Waals surface area contributed by atoms with E-state index < -0.39 is 10.0 Å². The fraction of sp³-hybridized carbons (Fsp3) is 0.0400. The number of ether oxygens (including phenoxy) is 1. The average Bonchev–Trinajstić information content (AvgIpc) is 2.88. The Kier molecular flexibility index (Phi) is 6.21. The zero-order valence-electron chi connectivity index (χ0n) is 18.7. The maximum Gasteiger partial charge on any atom is 0.264 e. The molecule has 3 aromatic carbocycles. The summed E-state index contributed by atoms with van der Waals surface area (Å²) >= 11 is 6.59. The molecule has 0 radical (unpaired) electrons. The molecule has 0 aliphatic rings. The van der Waals surface area contributed by atoms with Crippen LogP contribution in [0.2, 0.25) is 5.02 Å². The summed E-state index contributed by atoms with van der Waals surface area (Å²) in [5.41, 5.74) is 2.65. The molecule has 5 aromatic rings. The number of fused-ring (bicyclic) bond motifs is 1. The Morgan fingerprint density at radius 3 is 2.47 bits per heavy atom. The van der Waals surface area contributed by atoms with Crippen LogP contribution in [0.15, 0.2) is 84.3 Å². The van der Waals surface area contributed by atoms with Gasteiger partial charge in [-0.2, -0.15) is 0 Å². The zero-order valence-corrected chi connectivity index (χ0v) is 20.3. The van der Waals surface area contributed by atoms with Gasteiger partial charge in [0.25, 0.3) is 10.0 Å². The molecule has 0 bridgehead atoms. The van der Waals surface area contributed by atoms with Gasteiger partial charge in [0.1, 0.15) is 17.9 Å². The molecule has 0 atom stereocenters. The number of nitrogens with one attached hydrogen (secondary N) is 1. The van der Waals surface area contributed by atoms with Gasteiger partial charge in [-0.15, -0.1) is 0 Å². The van der Waals surface area contributed by atoms with Gasteiger partial charge < -0.3 is 4.74 Å². The molecule has 1 N–H and O–H groups in total. The minimum Gasteiger partial charge on any atom is -0.496 e. The van der Waals surface area contributed by atoms with Crippen LogP contribution in [-0.2, 0) is 10.0 Å². The first-order chi connectivity index (χ1) is 17.4. The largest absolute Gasteiger partial charge is 0.496 e. The van der Waals surface area contributed by atoms with Crippen LogP contribution in [0.5, 0.6) is 5.75 Å². The highest BCUT2D eigenvalue weighted by molar-refractivity contribution is 7.92. The third-order valence-corrected chi connectivity index (χ3v) is 7.03. The molecule has 5 rings (SSSR count). The Morgan fingerprint density at radius 2 is 1.72 bits per heavy atom. The number of sulfonamides is 1. The van der Waals surface area contributed by atoms with Gasteiger partial charge >= 0.3 is 0 Å². The summed E-state index contributed by atoms with van der Waals surface area (Å²) in [6, 6.07) is 15.5. The first-order valence-corrected chi connectivity index (χ1v) is 12.4. The third kappa shape index (κ3) is 4.56. The maximum absolute atomic E-state index is 13.8. The summed E-state index contributed by atoms with van der Waals surface area (Å²) in [4.78, 5) is 16.4. The van der Waals surface area contributed by atoms with Crippen LogP contribution in [0.25, 0.3) is 33.3 Å². The Bertz CT molecular complexity index is 1700. The van der Waals surface area contributed by atoms with Crippen LogP contribution >= 0.6 is 11.6 Å². The number of hydrogen-bond acceptors (Lipinski definition) is 7. The van der Waals surface area contributed by atoms with Gasteiger partial charge in [0.2, 0.25) is 5.95 Å². The minimum absolute atomic E-state index is 0.0152. The molecule has 36 heavy (non-hydrogen) atoms. The van der Waals surface area contributed by atoms with Gasteiger partial charge in [-0.25, -0.2) is 37.5 Å². The molecule has 11 heteroatoms. The summed E-state index contributed by atoms with van der Waals surface area (Å²) in [5, 5.41) is 0.953. The van der Waals surface area contributed by atoms with Crippen molar-refractivity contribution in [1.82, 2.24) is 19.9 Å². The highest BCUT2D eigenvalue weighted by atomic mass is 35.5. The molecule has 0 saturated heterocycles. The molecule has 0 aliphatic carbocycles. The Morgan fingerprint density at radius 1 is 0.917 bits per heavy atom. The molecule has 180 valence electrons. The van der Waals surface area contributed by atoms with Crippen LogP contribution in [0.4, 0.5) is 10.3 Å². The van der Waals surface area contributed by atoms with E-state index in [1.165, 1.54) is 50.1 Å². The van der Waals surface area contributed by atoms with Crippen molar-refractivity contribution in [1.29, 1.82) is 0 Å². The smallest absolute Gasteiger partial charge is 0.264 e.